The van der Waals surface area contributed by atoms with E-state index < -0.39 is 0 Å². The largest absolute Gasteiger partial charge is 0.373 e. The first-order chi connectivity index (χ1) is 11.2. The molecule has 1 N–H and O–H groups in total. The number of aryl methyl sites for hydroxylation is 1. The number of benzene rings is 1. The molecule has 1 atom stereocenters. The van der Waals surface area contributed by atoms with Crippen LogP contribution in [0.5, 0.6) is 0 Å². The summed E-state index contributed by atoms with van der Waals surface area (Å²) in [6.07, 6.45) is -0.231. The number of nitrogens with zero attached hydrogens (tertiary/aromatic N) is 3. The summed E-state index contributed by atoms with van der Waals surface area (Å²) < 4.78 is 5.82. The average Bonchev–Trinajstić information content (AvgIpc) is 2.61. The molecular formula is C17H20N4O2. The average molecular weight is 312 g/mol. The highest BCUT2D eigenvalue weighted by atomic mass is 16.5. The van der Waals surface area contributed by atoms with E-state index in [0.29, 0.717) is 31.1 Å². The third kappa shape index (κ3) is 3.48. The van der Waals surface area contributed by atoms with Gasteiger partial charge in [-0.2, -0.15) is 0 Å². The van der Waals surface area contributed by atoms with Crippen molar-refractivity contribution in [3.05, 3.63) is 53.5 Å². The molecule has 6 heteroatoms. The number of nitrogens with one attached hydrogen (secondary N) is 1. The molecule has 6 nitrogen and oxygen atoms in total. The van der Waals surface area contributed by atoms with Crippen molar-refractivity contribution >= 4 is 11.7 Å². The van der Waals surface area contributed by atoms with Crippen LogP contribution in [0.4, 0.5) is 5.82 Å². The maximum atomic E-state index is 12.6. The van der Waals surface area contributed by atoms with Gasteiger partial charge in [0.1, 0.15) is 17.7 Å². The standard InChI is InChI=1S/C17H20N4O2/c1-12-19-14(10-16(18-2)20-12)15-11-21(8-9-23-15)17(22)13-6-4-3-5-7-13/h3-7,10,15H,8-9,11H2,1-2H3,(H,18,19,20)/t15-/m0/s1. The number of ether oxygens (including phenoxy) is 1. The summed E-state index contributed by atoms with van der Waals surface area (Å²) in [6.45, 7) is 3.43. The molecule has 1 aliphatic heterocycles. The number of carbonyl (C=O) groups excluding carboxylic acids is 1. The highest BCUT2D eigenvalue weighted by molar-refractivity contribution is 5.94. The van der Waals surface area contributed by atoms with Crippen molar-refractivity contribution in [3.63, 3.8) is 0 Å². The van der Waals surface area contributed by atoms with Gasteiger partial charge in [-0.05, 0) is 19.1 Å². The molecule has 120 valence electrons. The lowest BCUT2D eigenvalue weighted by Gasteiger charge is -2.33. The third-order valence-electron chi connectivity index (χ3n) is 3.82. The van der Waals surface area contributed by atoms with E-state index in [1.54, 1.807) is 0 Å². The normalized spacial score (nSPS) is 17.8. The minimum atomic E-state index is -0.231. The predicted octanol–water partition coefficient (Wildman–Crippen LogP) is 2.04. The molecule has 1 aliphatic rings. The van der Waals surface area contributed by atoms with Gasteiger partial charge in [-0.15, -0.1) is 0 Å². The summed E-state index contributed by atoms with van der Waals surface area (Å²) in [7, 11) is 1.82. The summed E-state index contributed by atoms with van der Waals surface area (Å²) in [5.74, 6) is 1.46. The van der Waals surface area contributed by atoms with Crippen LogP contribution in [0.2, 0.25) is 0 Å². The second-order valence-electron chi connectivity index (χ2n) is 5.45. The van der Waals surface area contributed by atoms with Crippen molar-refractivity contribution in [1.29, 1.82) is 0 Å². The molecule has 1 amide bonds. The SMILES string of the molecule is CNc1cc([C@@H]2CN(C(=O)c3ccccc3)CCO2)nc(C)n1. The lowest BCUT2D eigenvalue weighted by Crippen LogP contribution is -2.42. The minimum Gasteiger partial charge on any atom is -0.373 e. The van der Waals surface area contributed by atoms with Gasteiger partial charge in [0.25, 0.3) is 5.91 Å². The zero-order chi connectivity index (χ0) is 16.2. The molecule has 0 aliphatic carbocycles. The first-order valence-corrected chi connectivity index (χ1v) is 7.66. The second kappa shape index (κ2) is 6.75. The Bertz CT molecular complexity index is 690. The Morgan fingerprint density at radius 3 is 2.83 bits per heavy atom. The van der Waals surface area contributed by atoms with Crippen LogP contribution >= 0.6 is 0 Å². The highest BCUT2D eigenvalue weighted by Crippen LogP contribution is 2.23. The van der Waals surface area contributed by atoms with Crippen LogP contribution in [0.1, 0.15) is 28.0 Å². The number of aromatic nitrogens is 2. The zero-order valence-electron chi connectivity index (χ0n) is 13.3. The van der Waals surface area contributed by atoms with E-state index in [9.17, 15) is 4.79 Å². The smallest absolute Gasteiger partial charge is 0.254 e. The summed E-state index contributed by atoms with van der Waals surface area (Å²) in [5, 5.41) is 3.02. The fraction of sp³-hybridized carbons (Fsp3) is 0.353. The molecular weight excluding hydrogens is 292 g/mol. The van der Waals surface area contributed by atoms with Crippen LogP contribution in [0.25, 0.3) is 0 Å². The van der Waals surface area contributed by atoms with Gasteiger partial charge in [-0.25, -0.2) is 9.97 Å². The van der Waals surface area contributed by atoms with Gasteiger partial charge < -0.3 is 15.0 Å². The van der Waals surface area contributed by atoms with Crippen molar-refractivity contribution in [2.75, 3.05) is 32.1 Å². The number of hydrogen-bond acceptors (Lipinski definition) is 5. The van der Waals surface area contributed by atoms with Crippen LogP contribution in [0.3, 0.4) is 0 Å². The summed E-state index contributed by atoms with van der Waals surface area (Å²) in [5.41, 5.74) is 1.50. The van der Waals surface area contributed by atoms with Crippen molar-refractivity contribution < 1.29 is 9.53 Å². The first kappa shape index (κ1) is 15.4. The Hall–Kier alpha value is -2.47. The molecule has 23 heavy (non-hydrogen) atoms. The van der Waals surface area contributed by atoms with E-state index in [4.69, 9.17) is 4.74 Å². The number of carbonyl (C=O) groups is 1. The van der Waals surface area contributed by atoms with Crippen molar-refractivity contribution in [2.45, 2.75) is 13.0 Å². The number of amides is 1. The van der Waals surface area contributed by atoms with E-state index in [0.717, 1.165) is 11.5 Å². The van der Waals surface area contributed by atoms with Gasteiger partial charge in [0, 0.05) is 25.2 Å². The maximum absolute atomic E-state index is 12.6. The molecule has 1 aromatic carbocycles. The van der Waals surface area contributed by atoms with Crippen LogP contribution in [0.15, 0.2) is 36.4 Å². The molecule has 3 rings (SSSR count). The highest BCUT2D eigenvalue weighted by Gasteiger charge is 2.27. The van der Waals surface area contributed by atoms with Crippen molar-refractivity contribution in [3.8, 4) is 0 Å². The zero-order valence-corrected chi connectivity index (χ0v) is 13.3. The minimum absolute atomic E-state index is 0.0264. The molecule has 1 fully saturated rings. The summed E-state index contributed by atoms with van der Waals surface area (Å²) in [6, 6.07) is 11.2. The van der Waals surface area contributed by atoms with Gasteiger partial charge in [-0.1, -0.05) is 18.2 Å². The molecule has 0 saturated carbocycles. The molecule has 1 aromatic heterocycles. The molecule has 0 spiro atoms. The quantitative estimate of drug-likeness (QED) is 0.939. The topological polar surface area (TPSA) is 67.4 Å². The lowest BCUT2D eigenvalue weighted by molar-refractivity contribution is -0.0248. The Labute approximate surface area is 135 Å². The molecule has 2 aromatic rings. The molecule has 0 bridgehead atoms. The molecule has 1 saturated heterocycles. The van der Waals surface area contributed by atoms with Gasteiger partial charge in [0.2, 0.25) is 0 Å². The van der Waals surface area contributed by atoms with E-state index in [-0.39, 0.29) is 12.0 Å². The number of rotatable bonds is 3. The maximum Gasteiger partial charge on any atom is 0.254 e. The summed E-state index contributed by atoms with van der Waals surface area (Å²) >= 11 is 0. The van der Waals surface area contributed by atoms with E-state index in [1.807, 2.05) is 55.3 Å². The molecule has 0 radical (unpaired) electrons. The third-order valence-corrected chi connectivity index (χ3v) is 3.82. The lowest BCUT2D eigenvalue weighted by atomic mass is 10.1. The Morgan fingerprint density at radius 1 is 1.30 bits per heavy atom. The first-order valence-electron chi connectivity index (χ1n) is 7.66. The number of hydrogen-bond donors (Lipinski definition) is 1. The Morgan fingerprint density at radius 2 is 2.09 bits per heavy atom. The second-order valence-corrected chi connectivity index (χ2v) is 5.45. The predicted molar refractivity (Wildman–Crippen MR) is 87.4 cm³/mol. The van der Waals surface area contributed by atoms with Crippen molar-refractivity contribution in [1.82, 2.24) is 14.9 Å². The number of morpholine rings is 1. The van der Waals surface area contributed by atoms with Crippen LogP contribution in [-0.4, -0.2) is 47.5 Å². The van der Waals surface area contributed by atoms with E-state index >= 15 is 0 Å². The van der Waals surface area contributed by atoms with Gasteiger partial charge in [-0.3, -0.25) is 4.79 Å². The summed E-state index contributed by atoms with van der Waals surface area (Å²) in [4.78, 5) is 23.2. The van der Waals surface area contributed by atoms with Crippen LogP contribution < -0.4 is 5.32 Å². The fourth-order valence-electron chi connectivity index (χ4n) is 2.66. The molecule has 2 heterocycles. The van der Waals surface area contributed by atoms with E-state index in [2.05, 4.69) is 15.3 Å². The Kier molecular flexibility index (Phi) is 4.52. The monoisotopic (exact) mass is 312 g/mol. The van der Waals surface area contributed by atoms with Crippen molar-refractivity contribution in [2.24, 2.45) is 0 Å². The van der Waals surface area contributed by atoms with Crippen LogP contribution in [0, 0.1) is 6.92 Å². The Balaban J connectivity index is 1.78. The number of anilines is 1. The van der Waals surface area contributed by atoms with Gasteiger partial charge >= 0.3 is 0 Å². The van der Waals surface area contributed by atoms with Gasteiger partial charge in [0.15, 0.2) is 0 Å². The van der Waals surface area contributed by atoms with E-state index in [1.165, 1.54) is 0 Å². The fourth-order valence-corrected chi connectivity index (χ4v) is 2.66. The van der Waals surface area contributed by atoms with Gasteiger partial charge in [0.05, 0.1) is 18.8 Å². The molecule has 0 unspecified atom stereocenters. The van der Waals surface area contributed by atoms with Crippen LogP contribution in [-0.2, 0) is 4.74 Å².